The number of rotatable bonds is 2. The van der Waals surface area contributed by atoms with Gasteiger partial charge in [0.25, 0.3) is 5.91 Å². The molecule has 1 spiro atoms. The van der Waals surface area contributed by atoms with E-state index < -0.39 is 6.10 Å². The van der Waals surface area contributed by atoms with Crippen LogP contribution in [0.5, 0.6) is 0 Å². The predicted octanol–water partition coefficient (Wildman–Crippen LogP) is 2.69. The minimum atomic E-state index is -0.469. The number of fused-ring (bicyclic) bond motifs is 1. The zero-order valence-electron chi connectivity index (χ0n) is 18.7. The molecular weight excluding hydrogens is 402 g/mol. The SMILES string of the molecule is C[C@@H]1CN(c2ccc(C#N)c3ncccc23)C[C@H](C(=O)N2CCC3(CCNCC3)CC2)O1. The van der Waals surface area contributed by atoms with E-state index in [9.17, 15) is 10.1 Å². The zero-order chi connectivity index (χ0) is 22.1. The van der Waals surface area contributed by atoms with Crippen LogP contribution in [0.1, 0.15) is 38.2 Å². The highest BCUT2D eigenvalue weighted by Gasteiger charge is 2.40. The van der Waals surface area contributed by atoms with Gasteiger partial charge in [-0.15, -0.1) is 0 Å². The molecule has 1 aromatic heterocycles. The van der Waals surface area contributed by atoms with E-state index >= 15 is 0 Å². The third-order valence-electron chi connectivity index (χ3n) is 7.54. The lowest BCUT2D eigenvalue weighted by Gasteiger charge is -2.46. The lowest BCUT2D eigenvalue weighted by atomic mass is 9.71. The number of ether oxygens (including phenoxy) is 1. The standard InChI is InChI=1S/C25H31N5O2/c1-18-16-30(21-5-4-19(15-26)23-20(21)3-2-10-28-23)17-22(32-18)24(31)29-13-8-25(9-14-29)6-11-27-12-7-25/h2-5,10,18,22,27H,6-9,11-14,16-17H2,1H3/t18-,22-/m1/s1. The van der Waals surface area contributed by atoms with Gasteiger partial charge < -0.3 is 19.9 Å². The Morgan fingerprint density at radius 2 is 1.97 bits per heavy atom. The lowest BCUT2D eigenvalue weighted by molar-refractivity contribution is -0.150. The third-order valence-corrected chi connectivity index (χ3v) is 7.54. The normalized spacial score (nSPS) is 25.6. The molecule has 1 amide bonds. The van der Waals surface area contributed by atoms with Crippen LogP contribution >= 0.6 is 0 Å². The number of carbonyl (C=O) groups excluding carboxylic acids is 1. The van der Waals surface area contributed by atoms with Gasteiger partial charge in [0.2, 0.25) is 0 Å². The first kappa shape index (κ1) is 21.2. The minimum absolute atomic E-state index is 0.0550. The molecule has 1 N–H and O–H groups in total. The molecular formula is C25H31N5O2. The summed E-state index contributed by atoms with van der Waals surface area (Å²) in [6.45, 7) is 7.10. The Balaban J connectivity index is 1.33. The largest absolute Gasteiger partial charge is 0.365 e. The number of hydrogen-bond acceptors (Lipinski definition) is 6. The monoisotopic (exact) mass is 433 g/mol. The summed E-state index contributed by atoms with van der Waals surface area (Å²) < 4.78 is 6.14. The van der Waals surface area contributed by atoms with Crippen molar-refractivity contribution in [1.29, 1.82) is 5.26 Å². The molecule has 3 saturated heterocycles. The van der Waals surface area contributed by atoms with Crippen LogP contribution in [0.3, 0.4) is 0 Å². The number of benzene rings is 1. The highest BCUT2D eigenvalue weighted by molar-refractivity contribution is 5.95. The number of nitrogens with zero attached hydrogens (tertiary/aromatic N) is 4. The second-order valence-corrected chi connectivity index (χ2v) is 9.56. The second kappa shape index (κ2) is 8.68. The van der Waals surface area contributed by atoms with Crippen LogP contribution in [-0.2, 0) is 9.53 Å². The fraction of sp³-hybridized carbons (Fsp3) is 0.560. The molecule has 2 aromatic rings. The number of likely N-dealkylation sites (tertiary alicyclic amines) is 1. The average molecular weight is 434 g/mol. The van der Waals surface area contributed by atoms with E-state index in [0.717, 1.165) is 50.1 Å². The fourth-order valence-corrected chi connectivity index (χ4v) is 5.67. The molecule has 3 aliphatic heterocycles. The van der Waals surface area contributed by atoms with Gasteiger partial charge in [0.1, 0.15) is 6.07 Å². The summed E-state index contributed by atoms with van der Waals surface area (Å²) in [5.74, 6) is 0.112. The van der Waals surface area contributed by atoms with Crippen LogP contribution in [0.25, 0.3) is 10.9 Å². The highest BCUT2D eigenvalue weighted by Crippen LogP contribution is 2.40. The summed E-state index contributed by atoms with van der Waals surface area (Å²) in [5.41, 5.74) is 2.70. The van der Waals surface area contributed by atoms with E-state index in [4.69, 9.17) is 4.74 Å². The van der Waals surface area contributed by atoms with Crippen LogP contribution in [0.4, 0.5) is 5.69 Å². The summed E-state index contributed by atoms with van der Waals surface area (Å²) in [6, 6.07) is 9.92. The van der Waals surface area contributed by atoms with Gasteiger partial charge in [0.15, 0.2) is 6.10 Å². The van der Waals surface area contributed by atoms with Crippen molar-refractivity contribution in [2.24, 2.45) is 5.41 Å². The molecule has 0 unspecified atom stereocenters. The molecule has 1 aromatic carbocycles. The summed E-state index contributed by atoms with van der Waals surface area (Å²) in [4.78, 5) is 22.1. The summed E-state index contributed by atoms with van der Waals surface area (Å²) in [6.07, 6.45) is 5.83. The number of amides is 1. The fourth-order valence-electron chi connectivity index (χ4n) is 5.67. The molecule has 0 bridgehead atoms. The van der Waals surface area contributed by atoms with E-state index in [1.54, 1.807) is 6.20 Å². The van der Waals surface area contributed by atoms with Gasteiger partial charge >= 0.3 is 0 Å². The maximum atomic E-state index is 13.4. The van der Waals surface area contributed by atoms with Crippen LogP contribution in [0, 0.1) is 16.7 Å². The Kier molecular flexibility index (Phi) is 5.75. The van der Waals surface area contributed by atoms with E-state index in [0.29, 0.717) is 29.6 Å². The van der Waals surface area contributed by atoms with Crippen molar-refractivity contribution in [3.8, 4) is 6.07 Å². The molecule has 7 nitrogen and oxygen atoms in total. The Labute approximate surface area is 189 Å². The zero-order valence-corrected chi connectivity index (χ0v) is 18.7. The van der Waals surface area contributed by atoms with Gasteiger partial charge in [-0.2, -0.15) is 5.26 Å². The van der Waals surface area contributed by atoms with Crippen molar-refractivity contribution in [2.45, 2.75) is 44.8 Å². The van der Waals surface area contributed by atoms with Crippen molar-refractivity contribution in [1.82, 2.24) is 15.2 Å². The van der Waals surface area contributed by atoms with Crippen LogP contribution < -0.4 is 10.2 Å². The Morgan fingerprint density at radius 3 is 2.72 bits per heavy atom. The Morgan fingerprint density at radius 1 is 1.19 bits per heavy atom. The van der Waals surface area contributed by atoms with Crippen molar-refractivity contribution < 1.29 is 9.53 Å². The molecule has 5 rings (SSSR count). The Bertz CT molecular complexity index is 1030. The number of morpholine rings is 1. The number of aromatic nitrogens is 1. The first-order chi connectivity index (χ1) is 15.6. The number of nitrogens with one attached hydrogen (secondary N) is 1. The van der Waals surface area contributed by atoms with Gasteiger partial charge in [0, 0.05) is 36.9 Å². The summed E-state index contributed by atoms with van der Waals surface area (Å²) in [7, 11) is 0. The molecule has 3 fully saturated rings. The van der Waals surface area contributed by atoms with E-state index in [2.05, 4.69) is 21.3 Å². The first-order valence-corrected chi connectivity index (χ1v) is 11.8. The van der Waals surface area contributed by atoms with Crippen molar-refractivity contribution in [3.05, 3.63) is 36.0 Å². The number of piperidine rings is 2. The second-order valence-electron chi connectivity index (χ2n) is 9.56. The van der Waals surface area contributed by atoms with Crippen molar-refractivity contribution >= 4 is 22.5 Å². The molecule has 0 radical (unpaired) electrons. The number of hydrogen-bond donors (Lipinski definition) is 1. The molecule has 32 heavy (non-hydrogen) atoms. The van der Waals surface area contributed by atoms with Crippen molar-refractivity contribution in [2.75, 3.05) is 44.2 Å². The molecule has 0 aliphatic carbocycles. The molecule has 2 atom stereocenters. The van der Waals surface area contributed by atoms with Crippen LogP contribution in [0.2, 0.25) is 0 Å². The number of pyridine rings is 1. The highest BCUT2D eigenvalue weighted by atomic mass is 16.5. The minimum Gasteiger partial charge on any atom is -0.365 e. The maximum absolute atomic E-state index is 13.4. The quantitative estimate of drug-likeness (QED) is 0.784. The van der Waals surface area contributed by atoms with Crippen LogP contribution in [-0.4, -0.2) is 67.3 Å². The molecule has 7 heteroatoms. The van der Waals surface area contributed by atoms with Crippen molar-refractivity contribution in [3.63, 3.8) is 0 Å². The summed E-state index contributed by atoms with van der Waals surface area (Å²) >= 11 is 0. The smallest absolute Gasteiger partial charge is 0.253 e. The molecule has 168 valence electrons. The number of anilines is 1. The van der Waals surface area contributed by atoms with E-state index in [1.807, 2.05) is 36.1 Å². The number of carbonyl (C=O) groups is 1. The number of nitriles is 1. The van der Waals surface area contributed by atoms with Gasteiger partial charge in [-0.1, -0.05) is 0 Å². The predicted molar refractivity (Wildman–Crippen MR) is 123 cm³/mol. The molecule has 0 saturated carbocycles. The maximum Gasteiger partial charge on any atom is 0.253 e. The van der Waals surface area contributed by atoms with E-state index in [-0.39, 0.29) is 12.0 Å². The molecule has 4 heterocycles. The Hall–Kier alpha value is -2.69. The van der Waals surface area contributed by atoms with Gasteiger partial charge in [-0.3, -0.25) is 9.78 Å². The first-order valence-electron chi connectivity index (χ1n) is 11.8. The average Bonchev–Trinajstić information content (AvgIpc) is 2.83. The van der Waals surface area contributed by atoms with Gasteiger partial charge in [0.05, 0.1) is 23.7 Å². The topological polar surface area (TPSA) is 81.5 Å². The van der Waals surface area contributed by atoms with Gasteiger partial charge in [-0.25, -0.2) is 0 Å². The van der Waals surface area contributed by atoms with E-state index in [1.165, 1.54) is 12.8 Å². The van der Waals surface area contributed by atoms with Crippen LogP contribution in [0.15, 0.2) is 30.5 Å². The third kappa shape index (κ3) is 3.94. The lowest BCUT2D eigenvalue weighted by Crippen LogP contribution is -2.56. The summed E-state index contributed by atoms with van der Waals surface area (Å²) in [5, 5.41) is 13.9. The molecule has 3 aliphatic rings. The van der Waals surface area contributed by atoms with Gasteiger partial charge in [-0.05, 0) is 75.4 Å².